The summed E-state index contributed by atoms with van der Waals surface area (Å²) in [6.07, 6.45) is 2.36. The predicted octanol–water partition coefficient (Wildman–Crippen LogP) is 2.57. The van der Waals surface area contributed by atoms with Gasteiger partial charge in [0.2, 0.25) is 0 Å². The van der Waals surface area contributed by atoms with Gasteiger partial charge < -0.3 is 4.90 Å². The van der Waals surface area contributed by atoms with Crippen LogP contribution >= 0.6 is 15.9 Å². The van der Waals surface area contributed by atoms with Gasteiger partial charge in [-0.15, -0.1) is 0 Å². The Morgan fingerprint density at radius 2 is 2.14 bits per heavy atom. The summed E-state index contributed by atoms with van der Waals surface area (Å²) in [7, 11) is 0. The fourth-order valence-corrected chi connectivity index (χ4v) is 2.49. The Hall–Kier alpha value is -0.830. The van der Waals surface area contributed by atoms with Crippen LogP contribution in [0.5, 0.6) is 0 Å². The van der Waals surface area contributed by atoms with Crippen LogP contribution in [-0.4, -0.2) is 16.8 Å². The zero-order valence-electron chi connectivity index (χ0n) is 7.66. The quantitative estimate of drug-likeness (QED) is 0.752. The van der Waals surface area contributed by atoms with Gasteiger partial charge >= 0.3 is 0 Å². The van der Waals surface area contributed by atoms with E-state index in [2.05, 4.69) is 15.9 Å². The molecular formula is C11H10BrNO. The highest BCUT2D eigenvalue weighted by Crippen LogP contribution is 2.36. The van der Waals surface area contributed by atoms with E-state index in [1.54, 1.807) is 0 Å². The van der Waals surface area contributed by atoms with Crippen LogP contribution in [0.2, 0.25) is 0 Å². The van der Waals surface area contributed by atoms with Crippen LogP contribution in [0.3, 0.4) is 0 Å². The molecule has 0 bridgehead atoms. The lowest BCUT2D eigenvalue weighted by molar-refractivity contribution is 0.0766. The second-order valence-electron chi connectivity index (χ2n) is 3.93. The van der Waals surface area contributed by atoms with E-state index in [-0.39, 0.29) is 5.91 Å². The Balaban J connectivity index is 2.05. The average Bonchev–Trinajstić information content (AvgIpc) is 2.94. The standard InChI is InChI=1S/C11H10BrNO/c12-10-3-1-2-8-9(10)6-13(11(8)14)7-4-5-7/h1-3,7H,4-6H2. The molecule has 1 heterocycles. The van der Waals surface area contributed by atoms with E-state index in [0.29, 0.717) is 6.04 Å². The van der Waals surface area contributed by atoms with E-state index >= 15 is 0 Å². The van der Waals surface area contributed by atoms with Crippen LogP contribution in [0.25, 0.3) is 0 Å². The first-order valence-corrected chi connectivity index (χ1v) is 5.65. The molecule has 3 rings (SSSR count). The molecular weight excluding hydrogens is 242 g/mol. The molecule has 14 heavy (non-hydrogen) atoms. The van der Waals surface area contributed by atoms with Gasteiger partial charge in [-0.05, 0) is 30.5 Å². The van der Waals surface area contributed by atoms with Crippen LogP contribution in [0, 0.1) is 0 Å². The smallest absolute Gasteiger partial charge is 0.254 e. The molecule has 0 saturated heterocycles. The number of hydrogen-bond donors (Lipinski definition) is 0. The van der Waals surface area contributed by atoms with E-state index in [1.165, 1.54) is 12.8 Å². The lowest BCUT2D eigenvalue weighted by Crippen LogP contribution is -2.25. The van der Waals surface area contributed by atoms with E-state index in [1.807, 2.05) is 23.1 Å². The third-order valence-electron chi connectivity index (χ3n) is 2.93. The van der Waals surface area contributed by atoms with Gasteiger partial charge in [-0.25, -0.2) is 0 Å². The van der Waals surface area contributed by atoms with Gasteiger partial charge in [0, 0.05) is 22.6 Å². The first-order valence-electron chi connectivity index (χ1n) is 4.86. The molecule has 0 radical (unpaired) electrons. The molecule has 1 aliphatic heterocycles. The molecule has 72 valence electrons. The molecule has 1 amide bonds. The molecule has 0 atom stereocenters. The Kier molecular flexibility index (Phi) is 1.71. The lowest BCUT2D eigenvalue weighted by Gasteiger charge is -2.13. The van der Waals surface area contributed by atoms with Crippen molar-refractivity contribution in [3.63, 3.8) is 0 Å². The summed E-state index contributed by atoms with van der Waals surface area (Å²) in [6, 6.07) is 6.37. The first-order chi connectivity index (χ1) is 6.77. The molecule has 0 aromatic heterocycles. The Labute approximate surface area is 91.0 Å². The second kappa shape index (κ2) is 2.83. The van der Waals surface area contributed by atoms with Crippen molar-refractivity contribution in [2.24, 2.45) is 0 Å². The highest BCUT2D eigenvalue weighted by atomic mass is 79.9. The third kappa shape index (κ3) is 1.12. The lowest BCUT2D eigenvalue weighted by atomic mass is 10.1. The van der Waals surface area contributed by atoms with Crippen molar-refractivity contribution in [1.82, 2.24) is 4.90 Å². The molecule has 2 aliphatic rings. The maximum atomic E-state index is 11.9. The SMILES string of the molecule is O=C1c2cccc(Br)c2CN1C1CC1. The molecule has 1 aromatic rings. The number of rotatable bonds is 1. The molecule has 1 saturated carbocycles. The van der Waals surface area contributed by atoms with Gasteiger partial charge in [-0.2, -0.15) is 0 Å². The molecule has 1 aromatic carbocycles. The topological polar surface area (TPSA) is 20.3 Å². The predicted molar refractivity (Wildman–Crippen MR) is 57.0 cm³/mol. The summed E-state index contributed by atoms with van der Waals surface area (Å²) >= 11 is 3.49. The van der Waals surface area contributed by atoms with Gasteiger partial charge in [0.25, 0.3) is 5.91 Å². The molecule has 0 spiro atoms. The number of nitrogens with zero attached hydrogens (tertiary/aromatic N) is 1. The van der Waals surface area contributed by atoms with E-state index < -0.39 is 0 Å². The van der Waals surface area contributed by atoms with Crippen LogP contribution in [-0.2, 0) is 6.54 Å². The maximum Gasteiger partial charge on any atom is 0.254 e. The number of hydrogen-bond acceptors (Lipinski definition) is 1. The maximum absolute atomic E-state index is 11.9. The largest absolute Gasteiger partial charge is 0.331 e. The highest BCUT2D eigenvalue weighted by molar-refractivity contribution is 9.10. The van der Waals surface area contributed by atoms with E-state index in [0.717, 1.165) is 22.1 Å². The van der Waals surface area contributed by atoms with Crippen molar-refractivity contribution in [2.45, 2.75) is 25.4 Å². The molecule has 0 unspecified atom stereocenters. The number of carbonyl (C=O) groups excluding carboxylic acids is 1. The van der Waals surface area contributed by atoms with Crippen molar-refractivity contribution in [1.29, 1.82) is 0 Å². The monoisotopic (exact) mass is 251 g/mol. The van der Waals surface area contributed by atoms with Crippen LogP contribution in [0.1, 0.15) is 28.8 Å². The van der Waals surface area contributed by atoms with Crippen molar-refractivity contribution >= 4 is 21.8 Å². The molecule has 3 heteroatoms. The number of carbonyl (C=O) groups is 1. The fraction of sp³-hybridized carbons (Fsp3) is 0.364. The summed E-state index contributed by atoms with van der Waals surface area (Å²) in [6.45, 7) is 0.792. The molecule has 1 fully saturated rings. The van der Waals surface area contributed by atoms with Crippen molar-refractivity contribution in [2.75, 3.05) is 0 Å². The van der Waals surface area contributed by atoms with Gasteiger partial charge in [0.1, 0.15) is 0 Å². The van der Waals surface area contributed by atoms with Crippen LogP contribution in [0.4, 0.5) is 0 Å². The minimum Gasteiger partial charge on any atom is -0.331 e. The van der Waals surface area contributed by atoms with E-state index in [9.17, 15) is 4.79 Å². The van der Waals surface area contributed by atoms with E-state index in [4.69, 9.17) is 0 Å². The second-order valence-corrected chi connectivity index (χ2v) is 4.78. The molecule has 2 nitrogen and oxygen atoms in total. The minimum atomic E-state index is 0.212. The van der Waals surface area contributed by atoms with Gasteiger partial charge in [-0.3, -0.25) is 4.79 Å². The summed E-state index contributed by atoms with van der Waals surface area (Å²) < 4.78 is 1.06. The zero-order valence-corrected chi connectivity index (χ0v) is 9.25. The van der Waals surface area contributed by atoms with Crippen molar-refractivity contribution in [3.8, 4) is 0 Å². The normalized spacial score (nSPS) is 20.1. The first kappa shape index (κ1) is 8.48. The molecule has 0 N–H and O–H groups in total. The average molecular weight is 252 g/mol. The van der Waals surface area contributed by atoms with Gasteiger partial charge in [0.05, 0.1) is 0 Å². The summed E-state index contributed by atoms with van der Waals surface area (Å²) in [5.74, 6) is 0.212. The summed E-state index contributed by atoms with van der Waals surface area (Å²) in [5.41, 5.74) is 2.04. The Bertz CT molecular complexity index is 412. The third-order valence-corrected chi connectivity index (χ3v) is 3.67. The Morgan fingerprint density at radius 3 is 2.79 bits per heavy atom. The van der Waals surface area contributed by atoms with Gasteiger partial charge in [-0.1, -0.05) is 22.0 Å². The van der Waals surface area contributed by atoms with Crippen LogP contribution < -0.4 is 0 Å². The highest BCUT2D eigenvalue weighted by Gasteiger charge is 2.38. The summed E-state index contributed by atoms with van der Waals surface area (Å²) in [4.78, 5) is 13.9. The summed E-state index contributed by atoms with van der Waals surface area (Å²) in [5, 5.41) is 0. The molecule has 1 aliphatic carbocycles. The fourth-order valence-electron chi connectivity index (χ4n) is 2.00. The minimum absolute atomic E-state index is 0.212. The van der Waals surface area contributed by atoms with Crippen molar-refractivity contribution < 1.29 is 4.79 Å². The number of amides is 1. The van der Waals surface area contributed by atoms with Gasteiger partial charge in [0.15, 0.2) is 0 Å². The number of fused-ring (bicyclic) bond motifs is 1. The van der Waals surface area contributed by atoms with Crippen molar-refractivity contribution in [3.05, 3.63) is 33.8 Å². The Morgan fingerprint density at radius 1 is 1.36 bits per heavy atom. The number of benzene rings is 1. The number of halogens is 1. The van der Waals surface area contributed by atoms with Crippen LogP contribution in [0.15, 0.2) is 22.7 Å². The zero-order chi connectivity index (χ0) is 9.71.